The number of amides is 1. The molecule has 0 spiro atoms. The van der Waals surface area contributed by atoms with Gasteiger partial charge in [-0.15, -0.1) is 0 Å². The Morgan fingerprint density at radius 2 is 1.78 bits per heavy atom. The second kappa shape index (κ2) is 13.9. The van der Waals surface area contributed by atoms with Crippen molar-refractivity contribution in [1.82, 2.24) is 14.7 Å². The van der Waals surface area contributed by atoms with Gasteiger partial charge in [0.2, 0.25) is 0 Å². The van der Waals surface area contributed by atoms with Crippen LogP contribution in [-0.4, -0.2) is 117 Å². The lowest BCUT2D eigenvalue weighted by molar-refractivity contribution is -0.0545. The van der Waals surface area contributed by atoms with Crippen LogP contribution in [0.3, 0.4) is 0 Å². The van der Waals surface area contributed by atoms with Crippen molar-refractivity contribution in [3.8, 4) is 5.75 Å². The fourth-order valence-electron chi connectivity index (χ4n) is 4.80. The topological polar surface area (TPSA) is 74.7 Å². The third-order valence-electron chi connectivity index (χ3n) is 7.02. The highest BCUT2D eigenvalue weighted by atomic mass is 16.5. The molecule has 2 aromatic carbocycles. The van der Waals surface area contributed by atoms with Crippen molar-refractivity contribution in [3.63, 3.8) is 0 Å². The number of ether oxygens (including phenoxy) is 3. The molecule has 2 heterocycles. The number of morpholine rings is 2. The number of β-amino-alcohol motifs (C(OH)–C–C–N with tert-alkyl or cyclic N) is 1. The summed E-state index contributed by atoms with van der Waals surface area (Å²) in [5.41, 5.74) is 2.88. The second-order valence-electron chi connectivity index (χ2n) is 10.1. The minimum atomic E-state index is -0.607. The van der Waals surface area contributed by atoms with Crippen molar-refractivity contribution in [1.29, 1.82) is 0 Å². The minimum Gasteiger partial charge on any atom is -0.491 e. The molecule has 8 nitrogen and oxygen atoms in total. The Morgan fingerprint density at radius 3 is 2.54 bits per heavy atom. The molecule has 0 bridgehead atoms. The third-order valence-corrected chi connectivity index (χ3v) is 7.02. The number of nitrogens with zero attached hydrogens (tertiary/aromatic N) is 3. The number of hydrogen-bond donors (Lipinski definition) is 1. The summed E-state index contributed by atoms with van der Waals surface area (Å²) in [5, 5.41) is 10.6. The Hall–Kier alpha value is -2.49. The number of aliphatic hydroxyl groups is 1. The van der Waals surface area contributed by atoms with Gasteiger partial charge in [-0.1, -0.05) is 35.9 Å². The molecule has 2 atom stereocenters. The summed E-state index contributed by atoms with van der Waals surface area (Å²) in [6.45, 7) is 12.0. The molecule has 202 valence electrons. The molecule has 1 N–H and O–H groups in total. The van der Waals surface area contributed by atoms with Crippen molar-refractivity contribution in [2.75, 3.05) is 78.8 Å². The van der Waals surface area contributed by atoms with Gasteiger partial charge < -0.3 is 24.2 Å². The second-order valence-corrected chi connectivity index (χ2v) is 10.1. The first-order valence-electron chi connectivity index (χ1n) is 13.3. The van der Waals surface area contributed by atoms with Gasteiger partial charge in [0.15, 0.2) is 0 Å². The van der Waals surface area contributed by atoms with E-state index in [0.717, 1.165) is 56.3 Å². The van der Waals surface area contributed by atoms with E-state index in [4.69, 9.17) is 14.2 Å². The average molecular weight is 512 g/mol. The molecule has 8 heteroatoms. The van der Waals surface area contributed by atoms with Crippen LogP contribution in [0.1, 0.15) is 21.5 Å². The lowest BCUT2D eigenvalue weighted by Crippen LogP contribution is -2.52. The number of para-hydroxylation sites is 1. The molecule has 2 aliphatic rings. The largest absolute Gasteiger partial charge is 0.491 e. The molecule has 0 radical (unpaired) electrons. The molecule has 2 unspecified atom stereocenters. The van der Waals surface area contributed by atoms with Crippen molar-refractivity contribution < 1.29 is 24.1 Å². The van der Waals surface area contributed by atoms with Gasteiger partial charge in [0, 0.05) is 57.9 Å². The summed E-state index contributed by atoms with van der Waals surface area (Å²) in [7, 11) is 0. The number of rotatable bonds is 11. The highest BCUT2D eigenvalue weighted by molar-refractivity contribution is 5.94. The predicted octanol–water partition coefficient (Wildman–Crippen LogP) is 2.22. The van der Waals surface area contributed by atoms with E-state index in [2.05, 4.69) is 9.80 Å². The number of carbonyl (C=O) groups is 1. The van der Waals surface area contributed by atoms with E-state index in [-0.39, 0.29) is 18.6 Å². The summed E-state index contributed by atoms with van der Waals surface area (Å²) >= 11 is 0. The number of aliphatic hydroxyl groups excluding tert-OH is 1. The number of hydrogen-bond acceptors (Lipinski definition) is 7. The van der Waals surface area contributed by atoms with Crippen molar-refractivity contribution in [2.24, 2.45) is 0 Å². The predicted molar refractivity (Wildman–Crippen MR) is 143 cm³/mol. The van der Waals surface area contributed by atoms with E-state index in [1.165, 1.54) is 0 Å². The summed E-state index contributed by atoms with van der Waals surface area (Å²) in [6.07, 6.45) is -0.720. The zero-order chi connectivity index (χ0) is 26.0. The molecule has 37 heavy (non-hydrogen) atoms. The van der Waals surface area contributed by atoms with Gasteiger partial charge in [-0.05, 0) is 37.6 Å². The van der Waals surface area contributed by atoms with Crippen molar-refractivity contribution in [3.05, 3.63) is 65.2 Å². The first-order valence-corrected chi connectivity index (χ1v) is 13.3. The Bertz CT molecular complexity index is 980. The van der Waals surface area contributed by atoms with E-state index < -0.39 is 6.10 Å². The summed E-state index contributed by atoms with van der Waals surface area (Å²) in [6, 6.07) is 15.6. The van der Waals surface area contributed by atoms with E-state index >= 15 is 0 Å². The van der Waals surface area contributed by atoms with Gasteiger partial charge in [-0.25, -0.2) is 0 Å². The quantitative estimate of drug-likeness (QED) is 0.496. The van der Waals surface area contributed by atoms with E-state index in [9.17, 15) is 9.90 Å². The van der Waals surface area contributed by atoms with Crippen LogP contribution in [0.2, 0.25) is 0 Å². The molecule has 0 aromatic heterocycles. The average Bonchev–Trinajstić information content (AvgIpc) is 2.91. The number of carbonyl (C=O) groups excluding carboxylic acids is 1. The molecule has 1 amide bonds. The lowest BCUT2D eigenvalue weighted by atomic mass is 10.1. The van der Waals surface area contributed by atoms with Crippen LogP contribution in [0.25, 0.3) is 0 Å². The summed E-state index contributed by atoms with van der Waals surface area (Å²) in [5.74, 6) is 0.826. The standard InChI is InChI=1S/C29H41N3O5/c1-23-7-9-25(10-8-23)29(34)32(12-11-30-13-16-35-17-14-30)21-27-20-31(15-18-36-27)19-26(33)22-37-28-6-4-3-5-24(28)2/h3-10,26-27,33H,11-22H2,1-2H3. The van der Waals surface area contributed by atoms with E-state index in [0.29, 0.717) is 38.3 Å². The Morgan fingerprint density at radius 1 is 1.05 bits per heavy atom. The smallest absolute Gasteiger partial charge is 0.253 e. The number of aryl methyl sites for hydroxylation is 2. The Kier molecular flexibility index (Phi) is 10.3. The SMILES string of the molecule is Cc1ccc(C(=O)N(CCN2CCOCC2)CC2CN(CC(O)COc3ccccc3C)CCO2)cc1. The summed E-state index contributed by atoms with van der Waals surface area (Å²) in [4.78, 5) is 19.9. The van der Waals surface area contributed by atoms with Crippen molar-refractivity contribution in [2.45, 2.75) is 26.1 Å². The molecular formula is C29H41N3O5. The fourth-order valence-corrected chi connectivity index (χ4v) is 4.80. The van der Waals surface area contributed by atoms with Gasteiger partial charge >= 0.3 is 0 Å². The Balaban J connectivity index is 1.32. The summed E-state index contributed by atoms with van der Waals surface area (Å²) < 4.78 is 17.4. The molecule has 2 fully saturated rings. The lowest BCUT2D eigenvalue weighted by Gasteiger charge is -2.37. The molecular weight excluding hydrogens is 470 g/mol. The molecule has 0 aliphatic carbocycles. The van der Waals surface area contributed by atoms with E-state index in [1.807, 2.05) is 67.3 Å². The molecule has 2 saturated heterocycles. The molecule has 2 aromatic rings. The normalized spacial score (nSPS) is 19.9. The van der Waals surface area contributed by atoms with Gasteiger partial charge in [-0.2, -0.15) is 0 Å². The third kappa shape index (κ3) is 8.51. The zero-order valence-corrected chi connectivity index (χ0v) is 22.2. The van der Waals surface area contributed by atoms with Gasteiger partial charge in [0.05, 0.1) is 25.9 Å². The highest BCUT2D eigenvalue weighted by Crippen LogP contribution is 2.17. The first-order chi connectivity index (χ1) is 18.0. The molecule has 0 saturated carbocycles. The monoisotopic (exact) mass is 511 g/mol. The van der Waals surface area contributed by atoms with Crippen LogP contribution >= 0.6 is 0 Å². The van der Waals surface area contributed by atoms with Crippen LogP contribution in [-0.2, 0) is 9.47 Å². The van der Waals surface area contributed by atoms with Crippen LogP contribution in [0.4, 0.5) is 0 Å². The van der Waals surface area contributed by atoms with Crippen molar-refractivity contribution >= 4 is 5.91 Å². The zero-order valence-electron chi connectivity index (χ0n) is 22.2. The van der Waals surface area contributed by atoms with Gasteiger partial charge in [-0.3, -0.25) is 14.6 Å². The maximum Gasteiger partial charge on any atom is 0.253 e. The molecule has 2 aliphatic heterocycles. The minimum absolute atomic E-state index is 0.0284. The van der Waals surface area contributed by atoms with Crippen LogP contribution in [0.15, 0.2) is 48.5 Å². The van der Waals surface area contributed by atoms with Crippen LogP contribution in [0.5, 0.6) is 5.75 Å². The van der Waals surface area contributed by atoms with Gasteiger partial charge in [0.25, 0.3) is 5.91 Å². The van der Waals surface area contributed by atoms with Crippen LogP contribution < -0.4 is 4.74 Å². The first kappa shape index (κ1) is 27.5. The fraction of sp³-hybridized carbons (Fsp3) is 0.552. The van der Waals surface area contributed by atoms with Gasteiger partial charge in [0.1, 0.15) is 18.5 Å². The molecule has 4 rings (SSSR count). The number of benzene rings is 2. The maximum absolute atomic E-state index is 13.5. The highest BCUT2D eigenvalue weighted by Gasteiger charge is 2.27. The maximum atomic E-state index is 13.5. The van der Waals surface area contributed by atoms with E-state index in [1.54, 1.807) is 0 Å². The van der Waals surface area contributed by atoms with Crippen LogP contribution in [0, 0.1) is 13.8 Å². The Labute approximate surface area is 220 Å².